The maximum absolute atomic E-state index is 13.0. The van der Waals surface area contributed by atoms with Crippen molar-refractivity contribution < 1.29 is 28.7 Å². The van der Waals surface area contributed by atoms with Crippen LogP contribution in [0.15, 0.2) is 90.4 Å². The number of ether oxygens (including phenoxy) is 3. The Labute approximate surface area is 247 Å². The molecule has 4 aromatic rings. The number of nitro benzene ring substituents is 1. The zero-order valence-corrected chi connectivity index (χ0v) is 23.3. The van der Waals surface area contributed by atoms with E-state index in [1.165, 1.54) is 24.7 Å². The first-order valence-electron chi connectivity index (χ1n) is 13.3. The second-order valence-corrected chi connectivity index (χ2v) is 9.13. The van der Waals surface area contributed by atoms with Crippen molar-refractivity contribution >= 4 is 23.9 Å². The number of carbonyl (C=O) groups is 2. The number of benzene rings is 3. The van der Waals surface area contributed by atoms with Gasteiger partial charge < -0.3 is 24.5 Å². The average molecular weight is 587 g/mol. The summed E-state index contributed by atoms with van der Waals surface area (Å²) in [5.41, 5.74) is 5.27. The number of nitro groups is 1. The van der Waals surface area contributed by atoms with Gasteiger partial charge in [-0.3, -0.25) is 14.9 Å². The predicted octanol–water partition coefficient (Wildman–Crippen LogP) is 4.28. The molecule has 0 saturated heterocycles. The van der Waals surface area contributed by atoms with E-state index in [-0.39, 0.29) is 25.3 Å². The van der Waals surface area contributed by atoms with Crippen molar-refractivity contribution in [3.8, 4) is 11.5 Å². The van der Waals surface area contributed by atoms with Gasteiger partial charge in [0.25, 0.3) is 11.6 Å². The molecular formula is C30H30N6O7. The summed E-state index contributed by atoms with van der Waals surface area (Å²) in [4.78, 5) is 42.7. The van der Waals surface area contributed by atoms with Crippen LogP contribution in [0.4, 0.5) is 10.5 Å². The molecule has 222 valence electrons. The first kappa shape index (κ1) is 30.2. The Morgan fingerprint density at radius 2 is 1.79 bits per heavy atom. The Morgan fingerprint density at radius 3 is 2.49 bits per heavy atom. The van der Waals surface area contributed by atoms with Crippen LogP contribution in [0.2, 0.25) is 0 Å². The third kappa shape index (κ3) is 9.42. The molecule has 0 aliphatic heterocycles. The highest BCUT2D eigenvalue weighted by atomic mass is 16.6. The van der Waals surface area contributed by atoms with E-state index in [4.69, 9.17) is 14.2 Å². The van der Waals surface area contributed by atoms with Crippen LogP contribution < -0.4 is 20.2 Å². The molecule has 4 rings (SSSR count). The number of carbonyl (C=O) groups excluding carboxylic acids is 2. The van der Waals surface area contributed by atoms with E-state index in [0.717, 1.165) is 11.1 Å². The van der Waals surface area contributed by atoms with Crippen molar-refractivity contribution in [1.82, 2.24) is 20.7 Å². The summed E-state index contributed by atoms with van der Waals surface area (Å²) >= 11 is 0. The van der Waals surface area contributed by atoms with Crippen molar-refractivity contribution in [2.75, 3.05) is 6.61 Å². The van der Waals surface area contributed by atoms with Gasteiger partial charge in [-0.25, -0.2) is 15.2 Å². The van der Waals surface area contributed by atoms with E-state index in [0.29, 0.717) is 29.4 Å². The lowest BCUT2D eigenvalue weighted by Gasteiger charge is -2.16. The summed E-state index contributed by atoms with van der Waals surface area (Å²) in [6.45, 7) is 2.45. The number of aromatic nitrogens is 2. The van der Waals surface area contributed by atoms with Crippen LogP contribution in [-0.2, 0) is 29.2 Å². The second kappa shape index (κ2) is 15.3. The molecule has 13 nitrogen and oxygen atoms in total. The molecule has 0 aliphatic carbocycles. The van der Waals surface area contributed by atoms with Crippen molar-refractivity contribution in [3.05, 3.63) is 118 Å². The Morgan fingerprint density at radius 1 is 1.02 bits per heavy atom. The third-order valence-corrected chi connectivity index (χ3v) is 6.00. The van der Waals surface area contributed by atoms with E-state index in [2.05, 4.69) is 25.8 Å². The highest BCUT2D eigenvalue weighted by Gasteiger charge is 2.22. The summed E-state index contributed by atoms with van der Waals surface area (Å²) in [5.74, 6) is 0.370. The first-order valence-corrected chi connectivity index (χ1v) is 13.3. The Hall–Kier alpha value is -5.72. The van der Waals surface area contributed by atoms with Crippen molar-refractivity contribution in [2.24, 2.45) is 5.10 Å². The standard InChI is InChI=1S/C30H30N6O7/c1-2-41-28-14-23(10-13-27(28)42-18-22-8-11-25(12-9-22)36(39)40)16-33-35-29(37)26(15-24-17-31-20-32-24)34-30(38)43-19-21-6-4-3-5-7-21/h3-14,16-17,20,26H,2,15,18-19H2,1H3,(H,31,32)(H,34,38)(H,35,37)/b33-16-/t26-/m1/s1. The topological polar surface area (TPSA) is 170 Å². The third-order valence-electron chi connectivity index (χ3n) is 6.00. The van der Waals surface area contributed by atoms with Crippen LogP contribution in [0.25, 0.3) is 0 Å². The normalized spacial score (nSPS) is 11.5. The Balaban J connectivity index is 1.36. The SMILES string of the molecule is CCOc1cc(/C=N\NC(=O)[C@@H](Cc2cnc[nH]2)NC(=O)OCc2ccccc2)ccc1OCc1ccc([N+](=O)[O-])cc1. The number of imidazole rings is 1. The van der Waals surface area contributed by atoms with Crippen LogP contribution in [0.1, 0.15) is 29.3 Å². The van der Waals surface area contributed by atoms with Gasteiger partial charge >= 0.3 is 6.09 Å². The molecule has 3 N–H and O–H groups in total. The zero-order chi connectivity index (χ0) is 30.4. The molecule has 0 bridgehead atoms. The predicted molar refractivity (Wildman–Crippen MR) is 157 cm³/mol. The van der Waals surface area contributed by atoms with Gasteiger partial charge in [0.15, 0.2) is 11.5 Å². The minimum Gasteiger partial charge on any atom is -0.490 e. The van der Waals surface area contributed by atoms with E-state index in [1.807, 2.05) is 37.3 Å². The van der Waals surface area contributed by atoms with Crippen LogP contribution in [0, 0.1) is 10.1 Å². The maximum atomic E-state index is 13.0. The molecule has 1 heterocycles. The molecule has 0 fully saturated rings. The molecule has 2 amide bonds. The molecule has 0 spiro atoms. The van der Waals surface area contributed by atoms with Gasteiger partial charge in [-0.1, -0.05) is 30.3 Å². The van der Waals surface area contributed by atoms with Gasteiger partial charge in [-0.15, -0.1) is 0 Å². The molecule has 1 aromatic heterocycles. The number of nitrogens with zero attached hydrogens (tertiary/aromatic N) is 3. The Bertz CT molecular complexity index is 1530. The molecule has 3 aromatic carbocycles. The molecule has 13 heteroatoms. The lowest BCUT2D eigenvalue weighted by molar-refractivity contribution is -0.384. The van der Waals surface area contributed by atoms with E-state index >= 15 is 0 Å². The van der Waals surface area contributed by atoms with Gasteiger partial charge in [0, 0.05) is 30.4 Å². The maximum Gasteiger partial charge on any atom is 0.408 e. The molecule has 0 unspecified atom stereocenters. The number of aromatic amines is 1. The minimum absolute atomic E-state index is 0.000821. The number of alkyl carbamates (subject to hydrolysis) is 1. The number of H-pyrrole nitrogens is 1. The fraction of sp³-hybridized carbons (Fsp3) is 0.200. The fourth-order valence-corrected chi connectivity index (χ4v) is 3.85. The number of hydrogen-bond donors (Lipinski definition) is 3. The number of rotatable bonds is 14. The molecule has 43 heavy (non-hydrogen) atoms. The zero-order valence-electron chi connectivity index (χ0n) is 23.3. The lowest BCUT2D eigenvalue weighted by atomic mass is 10.1. The van der Waals surface area contributed by atoms with Crippen LogP contribution in [-0.4, -0.2) is 45.8 Å². The summed E-state index contributed by atoms with van der Waals surface area (Å²) in [6, 6.07) is 19.4. The van der Waals surface area contributed by atoms with E-state index < -0.39 is 23.0 Å². The smallest absolute Gasteiger partial charge is 0.408 e. The monoisotopic (exact) mass is 586 g/mol. The molecule has 0 aliphatic rings. The van der Waals surface area contributed by atoms with Gasteiger partial charge in [0.2, 0.25) is 0 Å². The van der Waals surface area contributed by atoms with Crippen LogP contribution >= 0.6 is 0 Å². The van der Waals surface area contributed by atoms with Crippen molar-refractivity contribution in [3.63, 3.8) is 0 Å². The van der Waals surface area contributed by atoms with Crippen LogP contribution in [0.3, 0.4) is 0 Å². The summed E-state index contributed by atoms with van der Waals surface area (Å²) in [6.07, 6.45) is 3.85. The van der Waals surface area contributed by atoms with Crippen LogP contribution in [0.5, 0.6) is 11.5 Å². The van der Waals surface area contributed by atoms with Gasteiger partial charge in [0.05, 0.1) is 24.1 Å². The number of hydrazone groups is 1. The number of hydrogen-bond acceptors (Lipinski definition) is 9. The van der Waals surface area contributed by atoms with Crippen molar-refractivity contribution in [1.29, 1.82) is 0 Å². The highest BCUT2D eigenvalue weighted by molar-refractivity contribution is 5.87. The average Bonchev–Trinajstić information content (AvgIpc) is 3.53. The molecule has 0 saturated carbocycles. The summed E-state index contributed by atoms with van der Waals surface area (Å²) in [5, 5.41) is 17.5. The Kier molecular flexibility index (Phi) is 10.8. The van der Waals surface area contributed by atoms with E-state index in [1.54, 1.807) is 36.5 Å². The fourth-order valence-electron chi connectivity index (χ4n) is 3.85. The largest absolute Gasteiger partial charge is 0.490 e. The van der Waals surface area contributed by atoms with Gasteiger partial charge in [0.1, 0.15) is 19.3 Å². The highest BCUT2D eigenvalue weighted by Crippen LogP contribution is 2.29. The second-order valence-electron chi connectivity index (χ2n) is 9.13. The van der Waals surface area contributed by atoms with Gasteiger partial charge in [-0.05, 0) is 53.9 Å². The number of nitrogens with one attached hydrogen (secondary N) is 3. The minimum atomic E-state index is -0.991. The quantitative estimate of drug-likeness (QED) is 0.112. The molecule has 1 atom stereocenters. The lowest BCUT2D eigenvalue weighted by Crippen LogP contribution is -2.47. The summed E-state index contributed by atoms with van der Waals surface area (Å²) < 4.78 is 16.8. The molecule has 0 radical (unpaired) electrons. The van der Waals surface area contributed by atoms with Gasteiger partial charge in [-0.2, -0.15) is 5.10 Å². The number of non-ortho nitro benzene ring substituents is 1. The number of amides is 2. The van der Waals surface area contributed by atoms with E-state index in [9.17, 15) is 19.7 Å². The molecular weight excluding hydrogens is 556 g/mol. The van der Waals surface area contributed by atoms with Crippen molar-refractivity contribution in [2.45, 2.75) is 32.6 Å². The summed E-state index contributed by atoms with van der Waals surface area (Å²) in [7, 11) is 0. The first-order chi connectivity index (χ1) is 20.9.